The van der Waals surface area contributed by atoms with Crippen LogP contribution in [0.4, 0.5) is 18.0 Å². The Kier molecular flexibility index (Phi) is 8.97. The Bertz CT molecular complexity index is 841. The van der Waals surface area contributed by atoms with Gasteiger partial charge in [-0.2, -0.15) is 17.6 Å². The van der Waals surface area contributed by atoms with Gasteiger partial charge in [0.25, 0.3) is 10.0 Å². The third kappa shape index (κ3) is 10.3. The average molecular weight is 503 g/mol. The van der Waals surface area contributed by atoms with Crippen molar-refractivity contribution < 1.29 is 45.8 Å². The van der Waals surface area contributed by atoms with Crippen LogP contribution in [-0.4, -0.2) is 66.6 Å². The van der Waals surface area contributed by atoms with Crippen LogP contribution in [0.2, 0.25) is 0 Å². The Morgan fingerprint density at radius 3 is 2.03 bits per heavy atom. The standard InChI is InChI=1S/C20H33F3N2O7S/c1-17(2,3)31-15(26)14(25-16(27)32-18(4,5)6)9-11-24-33(29,30)12-10-19(28,13-7-8-13)20(21,22)23/h11,13-14,28H,7-10,12H2,1-6H3,(H,25,27)/t14-,19?/m0/s1. The number of carbonyl (C=O) groups is 2. The maximum Gasteiger partial charge on any atom is 0.417 e. The fourth-order valence-corrected chi connectivity index (χ4v) is 3.76. The van der Waals surface area contributed by atoms with Crippen LogP contribution in [0.15, 0.2) is 4.40 Å². The van der Waals surface area contributed by atoms with Gasteiger partial charge in [-0.1, -0.05) is 0 Å². The van der Waals surface area contributed by atoms with Gasteiger partial charge in [-0.25, -0.2) is 18.0 Å². The number of amides is 1. The van der Waals surface area contributed by atoms with Gasteiger partial charge >= 0.3 is 18.2 Å². The van der Waals surface area contributed by atoms with Gasteiger partial charge in [-0.15, -0.1) is 0 Å². The molecule has 0 spiro atoms. The second-order valence-electron chi connectivity index (χ2n) is 9.99. The lowest BCUT2D eigenvalue weighted by Crippen LogP contribution is -2.48. The summed E-state index contributed by atoms with van der Waals surface area (Å²) in [6.07, 6.45) is -6.27. The first-order chi connectivity index (χ1) is 14.7. The minimum atomic E-state index is -4.97. The van der Waals surface area contributed by atoms with Crippen molar-refractivity contribution in [2.24, 2.45) is 10.3 Å². The highest BCUT2D eigenvalue weighted by molar-refractivity contribution is 7.90. The normalized spacial score (nSPS) is 18.5. The van der Waals surface area contributed by atoms with E-state index in [1.807, 2.05) is 0 Å². The molecular formula is C20H33F3N2O7S. The molecule has 1 aliphatic rings. The number of aliphatic hydroxyl groups is 1. The van der Waals surface area contributed by atoms with Crippen molar-refractivity contribution in [2.45, 2.75) is 96.2 Å². The fourth-order valence-electron chi connectivity index (χ4n) is 2.77. The molecule has 13 heteroatoms. The molecule has 0 radical (unpaired) electrons. The molecule has 0 saturated heterocycles. The molecule has 0 heterocycles. The Hall–Kier alpha value is -1.89. The fraction of sp³-hybridized carbons (Fsp3) is 0.850. The number of sulfonamides is 1. The molecular weight excluding hydrogens is 469 g/mol. The van der Waals surface area contributed by atoms with Gasteiger partial charge in [0.1, 0.15) is 17.2 Å². The van der Waals surface area contributed by atoms with Crippen LogP contribution >= 0.6 is 0 Å². The van der Waals surface area contributed by atoms with E-state index in [0.717, 1.165) is 6.21 Å². The van der Waals surface area contributed by atoms with Crippen molar-refractivity contribution in [3.63, 3.8) is 0 Å². The van der Waals surface area contributed by atoms with E-state index in [1.165, 1.54) is 0 Å². The van der Waals surface area contributed by atoms with Crippen molar-refractivity contribution >= 4 is 28.3 Å². The number of nitrogens with one attached hydrogen (secondary N) is 1. The van der Waals surface area contributed by atoms with E-state index in [0.29, 0.717) is 0 Å². The second-order valence-corrected chi connectivity index (χ2v) is 11.8. The molecule has 33 heavy (non-hydrogen) atoms. The minimum Gasteiger partial charge on any atom is -0.458 e. The summed E-state index contributed by atoms with van der Waals surface area (Å²) in [5, 5.41) is 12.2. The number of alkyl halides is 3. The number of esters is 1. The van der Waals surface area contributed by atoms with E-state index >= 15 is 0 Å². The highest BCUT2D eigenvalue weighted by Crippen LogP contribution is 2.50. The summed E-state index contributed by atoms with van der Waals surface area (Å²) in [4.78, 5) is 24.4. The SMILES string of the molecule is CC(C)(C)OC(=O)N[C@@H](CC=NS(=O)(=O)CCC(O)(C1CC1)C(F)(F)F)C(=O)OC(C)(C)C. The highest BCUT2D eigenvalue weighted by atomic mass is 32.2. The molecule has 1 rings (SSSR count). The number of nitrogens with zero attached hydrogens (tertiary/aromatic N) is 1. The molecule has 0 aromatic carbocycles. The second kappa shape index (κ2) is 10.2. The number of carbonyl (C=O) groups excluding carboxylic acids is 2. The summed E-state index contributed by atoms with van der Waals surface area (Å²) in [7, 11) is -4.38. The number of hydrogen-bond donors (Lipinski definition) is 2. The molecule has 1 unspecified atom stereocenters. The highest BCUT2D eigenvalue weighted by Gasteiger charge is 2.61. The van der Waals surface area contributed by atoms with Crippen LogP contribution < -0.4 is 5.32 Å². The van der Waals surface area contributed by atoms with E-state index in [2.05, 4.69) is 9.71 Å². The molecule has 2 atom stereocenters. The Balaban J connectivity index is 2.87. The van der Waals surface area contributed by atoms with Crippen LogP contribution in [0.3, 0.4) is 0 Å². The predicted octanol–water partition coefficient (Wildman–Crippen LogP) is 3.11. The number of alkyl carbamates (subject to hydrolysis) is 1. The van der Waals surface area contributed by atoms with Crippen molar-refractivity contribution in [3.05, 3.63) is 0 Å². The number of rotatable bonds is 9. The molecule has 1 amide bonds. The lowest BCUT2D eigenvalue weighted by Gasteiger charge is -2.30. The maximum absolute atomic E-state index is 13.2. The quantitative estimate of drug-likeness (QED) is 0.366. The molecule has 0 aromatic heterocycles. The topological polar surface area (TPSA) is 131 Å². The molecule has 0 aromatic rings. The third-order valence-electron chi connectivity index (χ3n) is 4.44. The van der Waals surface area contributed by atoms with Gasteiger partial charge in [0, 0.05) is 19.1 Å². The van der Waals surface area contributed by atoms with E-state index in [1.54, 1.807) is 41.5 Å². The first kappa shape index (κ1) is 29.1. The predicted molar refractivity (Wildman–Crippen MR) is 114 cm³/mol. The summed E-state index contributed by atoms with van der Waals surface area (Å²) in [6, 6.07) is -1.35. The zero-order valence-electron chi connectivity index (χ0n) is 19.7. The average Bonchev–Trinajstić information content (AvgIpc) is 3.39. The molecule has 0 aliphatic heterocycles. The summed E-state index contributed by atoms with van der Waals surface area (Å²) in [6.45, 7) is 9.59. The van der Waals surface area contributed by atoms with Gasteiger partial charge in [-0.05, 0) is 60.3 Å². The van der Waals surface area contributed by atoms with E-state index in [-0.39, 0.29) is 12.8 Å². The van der Waals surface area contributed by atoms with Crippen LogP contribution in [0, 0.1) is 5.92 Å². The smallest absolute Gasteiger partial charge is 0.417 e. The minimum absolute atomic E-state index is 0.160. The lowest BCUT2D eigenvalue weighted by atomic mass is 9.94. The molecule has 0 bridgehead atoms. The van der Waals surface area contributed by atoms with Gasteiger partial charge in [0.2, 0.25) is 0 Å². The van der Waals surface area contributed by atoms with Crippen molar-refractivity contribution in [2.75, 3.05) is 5.75 Å². The number of halogens is 3. The summed E-state index contributed by atoms with van der Waals surface area (Å²) >= 11 is 0. The monoisotopic (exact) mass is 502 g/mol. The van der Waals surface area contributed by atoms with Gasteiger partial charge < -0.3 is 19.9 Å². The van der Waals surface area contributed by atoms with Crippen LogP contribution in [0.5, 0.6) is 0 Å². The van der Waals surface area contributed by atoms with Crippen LogP contribution in [-0.2, 0) is 24.3 Å². The van der Waals surface area contributed by atoms with Crippen molar-refractivity contribution in [1.82, 2.24) is 5.32 Å². The molecule has 9 nitrogen and oxygen atoms in total. The Morgan fingerprint density at radius 2 is 1.61 bits per heavy atom. The number of ether oxygens (including phenoxy) is 2. The summed E-state index contributed by atoms with van der Waals surface area (Å²) < 4.78 is 77.4. The van der Waals surface area contributed by atoms with Crippen LogP contribution in [0.25, 0.3) is 0 Å². The van der Waals surface area contributed by atoms with Gasteiger partial charge in [-0.3, -0.25) is 0 Å². The zero-order chi connectivity index (χ0) is 25.9. The van der Waals surface area contributed by atoms with Gasteiger partial charge in [0.05, 0.1) is 5.75 Å². The van der Waals surface area contributed by atoms with Crippen LogP contribution in [0.1, 0.15) is 67.2 Å². The molecule has 1 aliphatic carbocycles. The van der Waals surface area contributed by atoms with E-state index in [4.69, 9.17) is 9.47 Å². The largest absolute Gasteiger partial charge is 0.458 e. The van der Waals surface area contributed by atoms with Crippen molar-refractivity contribution in [3.8, 4) is 0 Å². The Labute approximate surface area is 192 Å². The van der Waals surface area contributed by atoms with Crippen molar-refractivity contribution in [1.29, 1.82) is 0 Å². The number of hydrogen-bond acceptors (Lipinski definition) is 7. The molecule has 1 saturated carbocycles. The molecule has 192 valence electrons. The first-order valence-corrected chi connectivity index (χ1v) is 12.0. The lowest BCUT2D eigenvalue weighted by molar-refractivity contribution is -0.269. The Morgan fingerprint density at radius 1 is 1.09 bits per heavy atom. The molecule has 2 N–H and O–H groups in total. The van der Waals surface area contributed by atoms with Gasteiger partial charge in [0.15, 0.2) is 5.60 Å². The summed E-state index contributed by atoms with van der Waals surface area (Å²) in [5.74, 6) is -2.95. The third-order valence-corrected chi connectivity index (χ3v) is 5.63. The molecule has 1 fully saturated rings. The zero-order valence-corrected chi connectivity index (χ0v) is 20.5. The van der Waals surface area contributed by atoms with E-state index in [9.17, 15) is 36.3 Å². The van der Waals surface area contributed by atoms with E-state index < -0.39 is 75.6 Å². The summed E-state index contributed by atoms with van der Waals surface area (Å²) in [5.41, 5.74) is -4.86. The first-order valence-electron chi connectivity index (χ1n) is 10.4. The maximum atomic E-state index is 13.2.